The third-order valence-corrected chi connectivity index (χ3v) is 6.97. The van der Waals surface area contributed by atoms with E-state index in [1.165, 1.54) is 10.5 Å². The van der Waals surface area contributed by atoms with Crippen molar-refractivity contribution in [2.24, 2.45) is 5.10 Å². The maximum absolute atomic E-state index is 13.2. The van der Waals surface area contributed by atoms with Crippen LogP contribution in [0.5, 0.6) is 0 Å². The first kappa shape index (κ1) is 23.7. The number of aryl methyl sites for hydroxylation is 1. The fraction of sp³-hybridized carbons (Fsp3) is 0.167. The van der Waals surface area contributed by atoms with Gasteiger partial charge in [0.15, 0.2) is 0 Å². The minimum atomic E-state index is -3.87. The van der Waals surface area contributed by atoms with Crippen molar-refractivity contribution in [3.63, 3.8) is 0 Å². The number of amides is 1. The van der Waals surface area contributed by atoms with E-state index < -0.39 is 15.9 Å². The van der Waals surface area contributed by atoms with E-state index in [1.807, 2.05) is 37.3 Å². The summed E-state index contributed by atoms with van der Waals surface area (Å²) in [5.74, 6) is -0.544. The summed E-state index contributed by atoms with van der Waals surface area (Å²) in [6.45, 7) is 1.68. The van der Waals surface area contributed by atoms with Crippen LogP contribution < -0.4 is 5.43 Å². The summed E-state index contributed by atoms with van der Waals surface area (Å²) < 4.78 is 27.6. The van der Waals surface area contributed by atoms with Crippen LogP contribution in [0.4, 0.5) is 0 Å². The van der Waals surface area contributed by atoms with E-state index in [0.29, 0.717) is 17.0 Å². The minimum Gasteiger partial charge on any atom is -0.272 e. The SMILES string of the molecule is Cc1ccc(S(=O)(=O)N(CCc2ccccc2)CC(=O)N/N=C\c2ccccc2Cl)cc1. The van der Waals surface area contributed by atoms with E-state index >= 15 is 0 Å². The molecule has 6 nitrogen and oxygen atoms in total. The fourth-order valence-corrected chi connectivity index (χ4v) is 4.57. The Kier molecular flexibility index (Phi) is 8.16. The average molecular weight is 470 g/mol. The van der Waals surface area contributed by atoms with Gasteiger partial charge in [0, 0.05) is 17.1 Å². The molecule has 0 aliphatic heterocycles. The molecule has 0 atom stereocenters. The lowest BCUT2D eigenvalue weighted by Crippen LogP contribution is -2.40. The largest absolute Gasteiger partial charge is 0.272 e. The van der Waals surface area contributed by atoms with Crippen molar-refractivity contribution >= 4 is 33.7 Å². The number of nitrogens with zero attached hydrogens (tertiary/aromatic N) is 2. The normalized spacial score (nSPS) is 11.7. The van der Waals surface area contributed by atoms with Crippen molar-refractivity contribution in [1.29, 1.82) is 0 Å². The highest BCUT2D eigenvalue weighted by Crippen LogP contribution is 2.17. The standard InChI is InChI=1S/C24H24ClN3O3S/c1-19-11-13-22(14-12-19)32(30,31)28(16-15-20-7-3-2-4-8-20)18-24(29)27-26-17-21-9-5-6-10-23(21)25/h2-14,17H,15-16,18H2,1H3,(H,27,29)/b26-17-. The Morgan fingerprint density at radius 2 is 1.66 bits per heavy atom. The Hall–Kier alpha value is -3.00. The van der Waals surface area contributed by atoms with Gasteiger partial charge in [-0.15, -0.1) is 0 Å². The van der Waals surface area contributed by atoms with Crippen LogP contribution >= 0.6 is 11.6 Å². The third kappa shape index (κ3) is 6.50. The maximum atomic E-state index is 13.2. The van der Waals surface area contributed by atoms with Crippen LogP contribution in [0.3, 0.4) is 0 Å². The van der Waals surface area contributed by atoms with Crippen LogP contribution in [0.25, 0.3) is 0 Å². The number of halogens is 1. The highest BCUT2D eigenvalue weighted by Gasteiger charge is 2.26. The molecule has 0 aromatic heterocycles. The highest BCUT2D eigenvalue weighted by atomic mass is 35.5. The summed E-state index contributed by atoms with van der Waals surface area (Å²) in [5, 5.41) is 4.41. The smallest absolute Gasteiger partial charge is 0.255 e. The molecule has 166 valence electrons. The van der Waals surface area contributed by atoms with Crippen molar-refractivity contribution in [3.05, 3.63) is 101 Å². The van der Waals surface area contributed by atoms with Crippen molar-refractivity contribution in [2.75, 3.05) is 13.1 Å². The quantitative estimate of drug-likeness (QED) is 0.379. The molecule has 0 fully saturated rings. The van der Waals surface area contributed by atoms with Gasteiger partial charge in [-0.05, 0) is 37.1 Å². The molecule has 0 bridgehead atoms. The first-order valence-electron chi connectivity index (χ1n) is 10.0. The molecule has 0 aliphatic rings. The van der Waals surface area contributed by atoms with Gasteiger partial charge >= 0.3 is 0 Å². The van der Waals surface area contributed by atoms with Gasteiger partial charge in [-0.2, -0.15) is 9.41 Å². The molecular formula is C24H24ClN3O3S. The topological polar surface area (TPSA) is 78.8 Å². The second kappa shape index (κ2) is 11.0. The molecule has 0 radical (unpaired) electrons. The second-order valence-corrected chi connectivity index (χ2v) is 9.55. The van der Waals surface area contributed by atoms with E-state index in [2.05, 4.69) is 10.5 Å². The first-order valence-corrected chi connectivity index (χ1v) is 11.9. The van der Waals surface area contributed by atoms with Crippen LogP contribution in [-0.2, 0) is 21.2 Å². The molecule has 3 rings (SSSR count). The predicted molar refractivity (Wildman–Crippen MR) is 127 cm³/mol. The van der Waals surface area contributed by atoms with E-state index in [0.717, 1.165) is 11.1 Å². The number of carbonyl (C=O) groups is 1. The summed E-state index contributed by atoms with van der Waals surface area (Å²) in [5.41, 5.74) is 4.96. The Labute approximate surface area is 193 Å². The van der Waals surface area contributed by atoms with Gasteiger partial charge < -0.3 is 0 Å². The van der Waals surface area contributed by atoms with Crippen LogP contribution in [0.2, 0.25) is 5.02 Å². The molecule has 0 aliphatic carbocycles. The lowest BCUT2D eigenvalue weighted by Gasteiger charge is -2.21. The maximum Gasteiger partial charge on any atom is 0.255 e. The van der Waals surface area contributed by atoms with E-state index in [9.17, 15) is 13.2 Å². The number of hydrogen-bond acceptors (Lipinski definition) is 4. The Morgan fingerprint density at radius 1 is 1.00 bits per heavy atom. The zero-order chi connectivity index (χ0) is 23.0. The van der Waals surface area contributed by atoms with Crippen molar-refractivity contribution < 1.29 is 13.2 Å². The van der Waals surface area contributed by atoms with E-state index in [1.54, 1.807) is 48.5 Å². The second-order valence-electron chi connectivity index (χ2n) is 7.20. The van der Waals surface area contributed by atoms with Crippen molar-refractivity contribution in [3.8, 4) is 0 Å². The van der Waals surface area contributed by atoms with Gasteiger partial charge in [-0.25, -0.2) is 13.8 Å². The first-order chi connectivity index (χ1) is 15.4. The molecule has 0 saturated heterocycles. The monoisotopic (exact) mass is 469 g/mol. The molecule has 3 aromatic carbocycles. The van der Waals surface area contributed by atoms with Gasteiger partial charge in [0.1, 0.15) is 0 Å². The molecule has 0 unspecified atom stereocenters. The number of hydrazone groups is 1. The number of rotatable bonds is 9. The van der Waals surface area contributed by atoms with Crippen LogP contribution in [0.15, 0.2) is 88.9 Å². The van der Waals surface area contributed by atoms with E-state index in [-0.39, 0.29) is 18.0 Å². The summed E-state index contributed by atoms with van der Waals surface area (Å²) in [6.07, 6.45) is 1.89. The number of benzene rings is 3. The van der Waals surface area contributed by atoms with E-state index in [4.69, 9.17) is 11.6 Å². The number of nitrogens with one attached hydrogen (secondary N) is 1. The summed E-state index contributed by atoms with van der Waals surface area (Å²) >= 11 is 6.07. The molecule has 0 saturated carbocycles. The number of carbonyl (C=O) groups excluding carboxylic acids is 1. The highest BCUT2D eigenvalue weighted by molar-refractivity contribution is 7.89. The zero-order valence-electron chi connectivity index (χ0n) is 17.6. The molecular weight excluding hydrogens is 446 g/mol. The molecule has 8 heteroatoms. The van der Waals surface area contributed by atoms with Gasteiger partial charge in [-0.3, -0.25) is 4.79 Å². The van der Waals surface area contributed by atoms with Gasteiger partial charge in [0.05, 0.1) is 17.7 Å². The molecule has 3 aromatic rings. The Bertz CT molecular complexity index is 1180. The summed E-state index contributed by atoms with van der Waals surface area (Å²) in [4.78, 5) is 12.7. The Balaban J connectivity index is 1.74. The molecule has 0 spiro atoms. The summed E-state index contributed by atoms with van der Waals surface area (Å²) in [7, 11) is -3.87. The fourth-order valence-electron chi connectivity index (χ4n) is 2.99. The average Bonchev–Trinajstić information content (AvgIpc) is 2.79. The lowest BCUT2D eigenvalue weighted by atomic mass is 10.1. The van der Waals surface area contributed by atoms with Crippen LogP contribution in [0, 0.1) is 6.92 Å². The molecule has 32 heavy (non-hydrogen) atoms. The molecule has 1 N–H and O–H groups in total. The molecule has 0 heterocycles. The lowest BCUT2D eigenvalue weighted by molar-refractivity contribution is -0.121. The van der Waals surface area contributed by atoms with Crippen LogP contribution in [-0.4, -0.2) is 37.9 Å². The van der Waals surface area contributed by atoms with Crippen LogP contribution in [0.1, 0.15) is 16.7 Å². The van der Waals surface area contributed by atoms with Gasteiger partial charge in [0.2, 0.25) is 10.0 Å². The number of sulfonamides is 1. The van der Waals surface area contributed by atoms with Gasteiger partial charge in [0.25, 0.3) is 5.91 Å². The van der Waals surface area contributed by atoms with Crippen molar-refractivity contribution in [2.45, 2.75) is 18.2 Å². The van der Waals surface area contributed by atoms with Gasteiger partial charge in [-0.1, -0.05) is 77.8 Å². The van der Waals surface area contributed by atoms with Crippen molar-refractivity contribution in [1.82, 2.24) is 9.73 Å². The summed E-state index contributed by atoms with van der Waals surface area (Å²) in [6, 6.07) is 23.1. The predicted octanol–water partition coefficient (Wildman–Crippen LogP) is 4.03. The molecule has 1 amide bonds. The Morgan fingerprint density at radius 3 is 2.34 bits per heavy atom. The number of hydrogen-bond donors (Lipinski definition) is 1. The minimum absolute atomic E-state index is 0.142. The third-order valence-electron chi connectivity index (χ3n) is 4.77. The zero-order valence-corrected chi connectivity index (χ0v) is 19.2.